The highest BCUT2D eigenvalue weighted by Gasteiger charge is 2.24. The number of aromatic nitrogens is 1. The monoisotopic (exact) mass is 370 g/mol. The van der Waals surface area contributed by atoms with E-state index in [4.69, 9.17) is 11.6 Å². The number of H-pyrrole nitrogens is 1. The first-order valence-corrected chi connectivity index (χ1v) is 9.41. The van der Waals surface area contributed by atoms with Crippen LogP contribution in [0.5, 0.6) is 0 Å². The fourth-order valence-corrected chi connectivity index (χ4v) is 3.61. The number of halogens is 1. The SMILES string of the molecule is CCNC(=O)[C@H](C)[NH2+]C[C@H](c1ccccc1Cl)c1c[nH]c2ccccc12. The van der Waals surface area contributed by atoms with Crippen molar-refractivity contribution in [1.29, 1.82) is 0 Å². The number of nitrogens with two attached hydrogens (primary N) is 1. The number of nitrogens with one attached hydrogen (secondary N) is 2. The normalized spacial score (nSPS) is 13.5. The smallest absolute Gasteiger partial charge is 0.277 e. The predicted molar refractivity (Wildman–Crippen MR) is 107 cm³/mol. The number of fused-ring (bicyclic) bond motifs is 1. The lowest BCUT2D eigenvalue weighted by atomic mass is 9.90. The minimum absolute atomic E-state index is 0.0596. The zero-order chi connectivity index (χ0) is 18.5. The molecule has 4 nitrogen and oxygen atoms in total. The van der Waals surface area contributed by atoms with Gasteiger partial charge in [-0.3, -0.25) is 4.79 Å². The summed E-state index contributed by atoms with van der Waals surface area (Å²) in [6, 6.07) is 16.1. The molecular formula is C21H25ClN3O+. The molecule has 0 aliphatic carbocycles. The standard InChI is InChI=1S/C21H24ClN3O/c1-3-23-21(26)14(2)24-12-17(15-8-4-6-10-19(15)22)18-13-25-20-11-7-5-9-16(18)20/h4-11,13-14,17,24-25H,3,12H2,1-2H3,(H,23,26)/p+1/t14-,17+/m0/s1. The highest BCUT2D eigenvalue weighted by atomic mass is 35.5. The first-order valence-electron chi connectivity index (χ1n) is 9.03. The Kier molecular flexibility index (Phi) is 5.96. The molecule has 0 aliphatic rings. The molecule has 1 amide bonds. The Morgan fingerprint density at radius 3 is 2.65 bits per heavy atom. The summed E-state index contributed by atoms with van der Waals surface area (Å²) in [5.41, 5.74) is 3.39. The quantitative estimate of drug-likeness (QED) is 0.588. The van der Waals surface area contributed by atoms with Gasteiger partial charge >= 0.3 is 0 Å². The molecule has 0 saturated heterocycles. The number of benzene rings is 2. The van der Waals surface area contributed by atoms with Crippen molar-refractivity contribution in [1.82, 2.24) is 10.3 Å². The van der Waals surface area contributed by atoms with Crippen LogP contribution in [0.1, 0.15) is 30.9 Å². The van der Waals surface area contributed by atoms with Gasteiger partial charge in [-0.25, -0.2) is 0 Å². The number of para-hydroxylation sites is 1. The van der Waals surface area contributed by atoms with Crippen molar-refractivity contribution in [2.75, 3.05) is 13.1 Å². The molecule has 4 N–H and O–H groups in total. The highest BCUT2D eigenvalue weighted by molar-refractivity contribution is 6.31. The van der Waals surface area contributed by atoms with Gasteiger partial charge in [0.05, 0.1) is 12.5 Å². The van der Waals surface area contributed by atoms with Gasteiger partial charge in [-0.05, 0) is 37.1 Å². The third-order valence-electron chi connectivity index (χ3n) is 4.77. The molecule has 1 aromatic heterocycles. The highest BCUT2D eigenvalue weighted by Crippen LogP contribution is 2.33. The first-order chi connectivity index (χ1) is 12.6. The Labute approximate surface area is 158 Å². The summed E-state index contributed by atoms with van der Waals surface area (Å²) in [4.78, 5) is 15.4. The molecule has 0 fully saturated rings. The van der Waals surface area contributed by atoms with Crippen LogP contribution in [0.2, 0.25) is 5.02 Å². The zero-order valence-electron chi connectivity index (χ0n) is 15.1. The molecule has 3 rings (SSSR count). The average molecular weight is 371 g/mol. The van der Waals surface area contributed by atoms with Crippen LogP contribution in [0.15, 0.2) is 54.7 Å². The van der Waals surface area contributed by atoms with E-state index in [-0.39, 0.29) is 17.9 Å². The summed E-state index contributed by atoms with van der Waals surface area (Å²) in [5, 5.41) is 6.91. The largest absolute Gasteiger partial charge is 0.361 e. The lowest BCUT2D eigenvalue weighted by Gasteiger charge is -2.19. The lowest BCUT2D eigenvalue weighted by molar-refractivity contribution is -0.674. The van der Waals surface area contributed by atoms with E-state index in [2.05, 4.69) is 40.0 Å². The molecule has 2 atom stereocenters. The fourth-order valence-electron chi connectivity index (χ4n) is 3.34. The summed E-state index contributed by atoms with van der Waals surface area (Å²) in [5.74, 6) is 0.154. The minimum atomic E-state index is -0.148. The van der Waals surface area contributed by atoms with Crippen molar-refractivity contribution in [2.24, 2.45) is 0 Å². The lowest BCUT2D eigenvalue weighted by Crippen LogP contribution is -2.92. The fraction of sp³-hybridized carbons (Fsp3) is 0.286. The van der Waals surface area contributed by atoms with Gasteiger partial charge in [0.25, 0.3) is 5.91 Å². The van der Waals surface area contributed by atoms with Crippen LogP contribution >= 0.6 is 11.6 Å². The van der Waals surface area contributed by atoms with Gasteiger partial charge < -0.3 is 15.6 Å². The summed E-state index contributed by atoms with van der Waals surface area (Å²) >= 11 is 6.51. The topological polar surface area (TPSA) is 61.5 Å². The minimum Gasteiger partial charge on any atom is -0.361 e. The van der Waals surface area contributed by atoms with Crippen LogP contribution in [0.25, 0.3) is 10.9 Å². The van der Waals surface area contributed by atoms with Crippen LogP contribution in [0.4, 0.5) is 0 Å². The second-order valence-electron chi connectivity index (χ2n) is 6.52. The molecule has 0 aliphatic heterocycles. The number of likely N-dealkylation sites (N-methyl/N-ethyl adjacent to an activating group) is 1. The van der Waals surface area contributed by atoms with Gasteiger partial charge in [0.2, 0.25) is 0 Å². The van der Waals surface area contributed by atoms with E-state index in [1.165, 1.54) is 10.9 Å². The molecule has 5 heteroatoms. The number of carbonyl (C=O) groups excluding carboxylic acids is 1. The zero-order valence-corrected chi connectivity index (χ0v) is 15.9. The van der Waals surface area contributed by atoms with Crippen molar-refractivity contribution in [3.63, 3.8) is 0 Å². The van der Waals surface area contributed by atoms with Gasteiger partial charge in [0, 0.05) is 28.7 Å². The Morgan fingerprint density at radius 1 is 1.15 bits per heavy atom. The number of aromatic amines is 1. The second-order valence-corrected chi connectivity index (χ2v) is 6.93. The number of hydrogen-bond donors (Lipinski definition) is 3. The van der Waals surface area contributed by atoms with E-state index < -0.39 is 0 Å². The molecule has 0 saturated carbocycles. The number of amides is 1. The molecule has 0 unspecified atom stereocenters. The summed E-state index contributed by atoms with van der Waals surface area (Å²) < 4.78 is 0. The third kappa shape index (κ3) is 3.92. The van der Waals surface area contributed by atoms with E-state index in [0.29, 0.717) is 6.54 Å². The number of quaternary nitrogens is 1. The maximum atomic E-state index is 12.1. The molecule has 136 valence electrons. The molecule has 1 heterocycles. The molecule has 26 heavy (non-hydrogen) atoms. The second kappa shape index (κ2) is 8.39. The van der Waals surface area contributed by atoms with E-state index in [9.17, 15) is 4.79 Å². The van der Waals surface area contributed by atoms with Crippen molar-refractivity contribution in [3.05, 3.63) is 70.9 Å². The van der Waals surface area contributed by atoms with Crippen LogP contribution in [-0.4, -0.2) is 30.0 Å². The van der Waals surface area contributed by atoms with Gasteiger partial charge in [0.15, 0.2) is 6.04 Å². The van der Waals surface area contributed by atoms with Gasteiger partial charge in [-0.2, -0.15) is 0 Å². The summed E-state index contributed by atoms with van der Waals surface area (Å²) in [6.45, 7) is 5.25. The van der Waals surface area contributed by atoms with Crippen molar-refractivity contribution in [2.45, 2.75) is 25.8 Å². The number of hydrogen-bond acceptors (Lipinski definition) is 1. The molecule has 0 radical (unpaired) electrons. The van der Waals surface area contributed by atoms with E-state index in [0.717, 1.165) is 22.6 Å². The Hall–Kier alpha value is -2.30. The first kappa shape index (κ1) is 18.5. The molecule has 3 aromatic rings. The van der Waals surface area contributed by atoms with Crippen molar-refractivity contribution >= 4 is 28.4 Å². The predicted octanol–water partition coefficient (Wildman–Crippen LogP) is 3.04. The van der Waals surface area contributed by atoms with E-state index in [1.807, 2.05) is 44.2 Å². The van der Waals surface area contributed by atoms with Gasteiger partial charge in [0.1, 0.15) is 0 Å². The maximum absolute atomic E-state index is 12.1. The van der Waals surface area contributed by atoms with Crippen LogP contribution in [0.3, 0.4) is 0 Å². The Morgan fingerprint density at radius 2 is 1.88 bits per heavy atom. The molecule has 0 spiro atoms. The van der Waals surface area contributed by atoms with Gasteiger partial charge in [-0.15, -0.1) is 0 Å². The maximum Gasteiger partial charge on any atom is 0.277 e. The Bertz CT molecular complexity index is 890. The average Bonchev–Trinajstić information content (AvgIpc) is 3.07. The van der Waals surface area contributed by atoms with Crippen LogP contribution in [0, 0.1) is 0 Å². The summed E-state index contributed by atoms with van der Waals surface area (Å²) in [7, 11) is 0. The molecule has 2 aromatic carbocycles. The third-order valence-corrected chi connectivity index (χ3v) is 5.11. The van der Waals surface area contributed by atoms with Crippen LogP contribution < -0.4 is 10.6 Å². The van der Waals surface area contributed by atoms with Crippen molar-refractivity contribution < 1.29 is 10.1 Å². The number of rotatable bonds is 7. The van der Waals surface area contributed by atoms with Crippen LogP contribution in [-0.2, 0) is 4.79 Å². The molecule has 0 bridgehead atoms. The van der Waals surface area contributed by atoms with E-state index in [1.54, 1.807) is 0 Å². The Balaban J connectivity index is 1.93. The molecular weight excluding hydrogens is 346 g/mol. The summed E-state index contributed by atoms with van der Waals surface area (Å²) in [6.07, 6.45) is 2.06. The van der Waals surface area contributed by atoms with Crippen molar-refractivity contribution in [3.8, 4) is 0 Å². The van der Waals surface area contributed by atoms with E-state index >= 15 is 0 Å². The number of carbonyl (C=O) groups is 1. The van der Waals surface area contributed by atoms with Gasteiger partial charge in [-0.1, -0.05) is 48.0 Å².